The molecule has 0 aliphatic carbocycles. The molecule has 0 unspecified atom stereocenters. The molecule has 0 aliphatic heterocycles. The highest BCUT2D eigenvalue weighted by Crippen LogP contribution is 2.27. The number of anilines is 1. The van der Waals surface area contributed by atoms with E-state index in [1.807, 2.05) is 0 Å². The summed E-state index contributed by atoms with van der Waals surface area (Å²) in [6.45, 7) is 9.76. The first-order chi connectivity index (χ1) is 10.8. The SMILES string of the molecule is CC(C)(C)OC(=O)N(C(=O)OC(C)(C)C)c1ccc(F)c(N=O)c1. The molecule has 24 heavy (non-hydrogen) atoms. The van der Waals surface area contributed by atoms with E-state index in [-0.39, 0.29) is 5.69 Å². The highest BCUT2D eigenvalue weighted by molar-refractivity contribution is 6.09. The summed E-state index contributed by atoms with van der Waals surface area (Å²) >= 11 is 0. The quantitative estimate of drug-likeness (QED) is 0.715. The fourth-order valence-electron chi connectivity index (χ4n) is 1.61. The molecule has 0 fully saturated rings. The van der Waals surface area contributed by atoms with Crippen molar-refractivity contribution in [2.45, 2.75) is 52.7 Å². The maximum Gasteiger partial charge on any atom is 0.424 e. The summed E-state index contributed by atoms with van der Waals surface area (Å²) in [6.07, 6.45) is -2.03. The van der Waals surface area contributed by atoms with Crippen molar-refractivity contribution in [3.05, 3.63) is 28.9 Å². The molecular formula is C16H21FN2O5. The molecule has 8 heteroatoms. The van der Waals surface area contributed by atoms with Gasteiger partial charge in [-0.1, -0.05) is 0 Å². The molecule has 132 valence electrons. The van der Waals surface area contributed by atoms with E-state index in [0.717, 1.165) is 18.2 Å². The first-order valence-corrected chi connectivity index (χ1v) is 7.23. The van der Waals surface area contributed by atoms with Gasteiger partial charge in [0, 0.05) is 0 Å². The summed E-state index contributed by atoms with van der Waals surface area (Å²) in [5, 5.41) is 2.53. The molecule has 0 saturated carbocycles. The first kappa shape index (κ1) is 19.5. The molecule has 0 atom stereocenters. The van der Waals surface area contributed by atoms with Gasteiger partial charge >= 0.3 is 12.2 Å². The monoisotopic (exact) mass is 340 g/mol. The van der Waals surface area contributed by atoms with Crippen LogP contribution >= 0.6 is 0 Å². The van der Waals surface area contributed by atoms with Crippen LogP contribution in [0, 0.1) is 10.7 Å². The molecule has 0 aromatic heterocycles. The molecule has 2 amide bonds. The van der Waals surface area contributed by atoms with E-state index in [0.29, 0.717) is 4.90 Å². The van der Waals surface area contributed by atoms with Gasteiger partial charge in [0.1, 0.15) is 16.9 Å². The average molecular weight is 340 g/mol. The number of carbonyl (C=O) groups is 2. The van der Waals surface area contributed by atoms with Crippen LogP contribution in [0.5, 0.6) is 0 Å². The van der Waals surface area contributed by atoms with Gasteiger partial charge in [0.05, 0.1) is 5.69 Å². The van der Waals surface area contributed by atoms with E-state index in [1.165, 1.54) is 0 Å². The van der Waals surface area contributed by atoms with Crippen LogP contribution in [0.4, 0.5) is 25.4 Å². The van der Waals surface area contributed by atoms with Gasteiger partial charge in [0.2, 0.25) is 0 Å². The van der Waals surface area contributed by atoms with Crippen molar-refractivity contribution in [3.8, 4) is 0 Å². The Morgan fingerprint density at radius 1 is 1.00 bits per heavy atom. The molecule has 0 spiro atoms. The van der Waals surface area contributed by atoms with Crippen molar-refractivity contribution in [1.82, 2.24) is 0 Å². The van der Waals surface area contributed by atoms with E-state index in [1.54, 1.807) is 41.5 Å². The minimum atomic E-state index is -1.01. The number of benzene rings is 1. The second kappa shape index (κ2) is 6.94. The zero-order valence-corrected chi connectivity index (χ0v) is 14.5. The summed E-state index contributed by atoms with van der Waals surface area (Å²) < 4.78 is 23.8. The number of ether oxygens (including phenoxy) is 2. The Hall–Kier alpha value is -2.51. The standard InChI is InChI=1S/C16H21FN2O5/c1-15(2,3)23-13(20)19(14(21)24-16(4,5)6)10-7-8-11(17)12(9-10)18-22/h7-9H,1-6H3. The van der Waals surface area contributed by atoms with Crippen molar-refractivity contribution >= 4 is 23.6 Å². The number of halogens is 1. The zero-order chi connectivity index (χ0) is 18.7. The summed E-state index contributed by atoms with van der Waals surface area (Å²) in [6, 6.07) is 3.04. The summed E-state index contributed by atoms with van der Waals surface area (Å²) in [5.74, 6) is -0.873. The third kappa shape index (κ3) is 5.60. The Balaban J connectivity index is 3.30. The number of carbonyl (C=O) groups excluding carboxylic acids is 2. The normalized spacial score (nSPS) is 11.6. The Morgan fingerprint density at radius 2 is 1.46 bits per heavy atom. The van der Waals surface area contributed by atoms with Crippen LogP contribution in [-0.4, -0.2) is 23.4 Å². The van der Waals surface area contributed by atoms with Crippen LogP contribution in [0.3, 0.4) is 0 Å². The third-order valence-corrected chi connectivity index (χ3v) is 2.44. The van der Waals surface area contributed by atoms with E-state index in [9.17, 15) is 18.9 Å². The fourth-order valence-corrected chi connectivity index (χ4v) is 1.61. The number of nitrogens with zero attached hydrogens (tertiary/aromatic N) is 2. The van der Waals surface area contributed by atoms with E-state index in [2.05, 4.69) is 5.18 Å². The van der Waals surface area contributed by atoms with Gasteiger partial charge in [0.15, 0.2) is 5.82 Å². The maximum absolute atomic E-state index is 13.4. The largest absolute Gasteiger partial charge is 0.443 e. The van der Waals surface area contributed by atoms with Gasteiger partial charge in [-0.25, -0.2) is 14.0 Å². The Morgan fingerprint density at radius 3 is 1.83 bits per heavy atom. The molecule has 0 bridgehead atoms. The van der Waals surface area contributed by atoms with Crippen LogP contribution in [0.2, 0.25) is 0 Å². The smallest absolute Gasteiger partial charge is 0.424 e. The van der Waals surface area contributed by atoms with Crippen LogP contribution < -0.4 is 4.90 Å². The molecule has 0 N–H and O–H groups in total. The average Bonchev–Trinajstić information content (AvgIpc) is 2.36. The third-order valence-electron chi connectivity index (χ3n) is 2.44. The topological polar surface area (TPSA) is 85.3 Å². The minimum absolute atomic E-state index is 0.0884. The van der Waals surface area contributed by atoms with Crippen molar-refractivity contribution in [1.29, 1.82) is 0 Å². The van der Waals surface area contributed by atoms with Crippen molar-refractivity contribution < 1.29 is 23.5 Å². The Kier molecular flexibility index (Phi) is 5.65. The minimum Gasteiger partial charge on any atom is -0.443 e. The molecule has 0 heterocycles. The van der Waals surface area contributed by atoms with Gasteiger partial charge in [-0.2, -0.15) is 4.90 Å². The van der Waals surface area contributed by atoms with Crippen LogP contribution in [-0.2, 0) is 9.47 Å². The van der Waals surface area contributed by atoms with Crippen LogP contribution in [0.1, 0.15) is 41.5 Å². The molecular weight excluding hydrogens is 319 g/mol. The van der Waals surface area contributed by atoms with Crippen LogP contribution in [0.25, 0.3) is 0 Å². The summed E-state index contributed by atoms with van der Waals surface area (Å²) in [4.78, 5) is 36.0. The number of rotatable bonds is 2. The lowest BCUT2D eigenvalue weighted by Crippen LogP contribution is -2.43. The second-order valence-corrected chi connectivity index (χ2v) is 7.02. The van der Waals surface area contributed by atoms with Gasteiger partial charge in [-0.05, 0) is 64.9 Å². The lowest BCUT2D eigenvalue weighted by atomic mass is 10.2. The van der Waals surface area contributed by atoms with Gasteiger partial charge < -0.3 is 9.47 Å². The summed E-state index contributed by atoms with van der Waals surface area (Å²) in [5.41, 5.74) is -2.37. The van der Waals surface area contributed by atoms with Gasteiger partial charge in [-0.15, -0.1) is 4.91 Å². The first-order valence-electron chi connectivity index (χ1n) is 7.23. The lowest BCUT2D eigenvalue weighted by Gasteiger charge is -2.28. The van der Waals surface area contributed by atoms with Crippen molar-refractivity contribution in [2.24, 2.45) is 5.18 Å². The highest BCUT2D eigenvalue weighted by Gasteiger charge is 2.33. The Bertz CT molecular complexity index is 619. The predicted molar refractivity (Wildman–Crippen MR) is 86.8 cm³/mol. The molecule has 7 nitrogen and oxygen atoms in total. The van der Waals surface area contributed by atoms with E-state index < -0.39 is 34.9 Å². The molecule has 1 aromatic carbocycles. The number of amides is 2. The van der Waals surface area contributed by atoms with E-state index in [4.69, 9.17) is 9.47 Å². The lowest BCUT2D eigenvalue weighted by molar-refractivity contribution is 0.0431. The Labute approximate surface area is 139 Å². The zero-order valence-electron chi connectivity index (χ0n) is 14.5. The number of hydrogen-bond donors (Lipinski definition) is 0. The van der Waals surface area contributed by atoms with Crippen molar-refractivity contribution in [3.63, 3.8) is 0 Å². The van der Waals surface area contributed by atoms with Crippen molar-refractivity contribution in [2.75, 3.05) is 4.90 Å². The number of hydrogen-bond acceptors (Lipinski definition) is 6. The predicted octanol–water partition coefficient (Wildman–Crippen LogP) is 4.90. The fraction of sp³-hybridized carbons (Fsp3) is 0.500. The molecule has 0 radical (unpaired) electrons. The molecule has 0 saturated heterocycles. The maximum atomic E-state index is 13.4. The van der Waals surface area contributed by atoms with E-state index >= 15 is 0 Å². The molecule has 1 aromatic rings. The molecule has 1 rings (SSSR count). The number of nitroso groups, excluding NO2 is 1. The van der Waals surface area contributed by atoms with Gasteiger partial charge in [0.25, 0.3) is 0 Å². The molecule has 0 aliphatic rings. The van der Waals surface area contributed by atoms with Gasteiger partial charge in [-0.3, -0.25) is 0 Å². The summed E-state index contributed by atoms with van der Waals surface area (Å²) in [7, 11) is 0. The highest BCUT2D eigenvalue weighted by atomic mass is 19.1. The number of imide groups is 1. The van der Waals surface area contributed by atoms with Crippen LogP contribution in [0.15, 0.2) is 23.4 Å². The second-order valence-electron chi connectivity index (χ2n) is 7.02.